The van der Waals surface area contributed by atoms with Crippen LogP contribution >= 0.6 is 0 Å². The predicted molar refractivity (Wildman–Crippen MR) is 99.0 cm³/mol. The summed E-state index contributed by atoms with van der Waals surface area (Å²) in [6.45, 7) is 4.82. The van der Waals surface area contributed by atoms with E-state index in [2.05, 4.69) is 41.9 Å². The number of hydrogen-bond donors (Lipinski definition) is 1. The molecule has 4 rings (SSSR count). The molecule has 1 aromatic heterocycles. The highest BCUT2D eigenvalue weighted by atomic mass is 16.7. The predicted octanol–water partition coefficient (Wildman–Crippen LogP) is 3.75. The van der Waals surface area contributed by atoms with Gasteiger partial charge in [0.2, 0.25) is 6.79 Å². The van der Waals surface area contributed by atoms with E-state index in [-0.39, 0.29) is 12.7 Å². The average Bonchev–Trinajstić information content (AvgIpc) is 3.23. The molecule has 5 nitrogen and oxygen atoms in total. The average molecular weight is 348 g/mol. The van der Waals surface area contributed by atoms with E-state index >= 15 is 0 Å². The largest absolute Gasteiger partial charge is 0.454 e. The van der Waals surface area contributed by atoms with Crippen molar-refractivity contribution in [3.8, 4) is 17.2 Å². The minimum atomic E-state index is -0.132. The summed E-state index contributed by atoms with van der Waals surface area (Å²) in [6.07, 6.45) is 0. The lowest BCUT2D eigenvalue weighted by molar-refractivity contribution is 0.0950. The summed E-state index contributed by atoms with van der Waals surface area (Å²) in [5, 5.41) is 2.99. The summed E-state index contributed by atoms with van der Waals surface area (Å²) < 4.78 is 12.8. The standard InChI is InChI=1S/C21H20N2O3/c1-14-10-17(15(2)23(14)18-6-4-3-5-7-18)12-22-21(24)16-8-9-19-20(11-16)26-13-25-19/h3-11H,12-13H2,1-2H3,(H,22,24). The first-order valence-electron chi connectivity index (χ1n) is 8.54. The van der Waals surface area contributed by atoms with E-state index in [0.29, 0.717) is 23.6 Å². The molecule has 0 unspecified atom stereocenters. The van der Waals surface area contributed by atoms with Crippen molar-refractivity contribution < 1.29 is 14.3 Å². The van der Waals surface area contributed by atoms with Crippen LogP contribution in [0.1, 0.15) is 27.3 Å². The van der Waals surface area contributed by atoms with Crippen LogP contribution in [0.25, 0.3) is 5.69 Å². The Morgan fingerprint density at radius 3 is 2.62 bits per heavy atom. The van der Waals surface area contributed by atoms with E-state index in [9.17, 15) is 4.79 Å². The first-order valence-corrected chi connectivity index (χ1v) is 8.54. The Morgan fingerprint density at radius 2 is 1.81 bits per heavy atom. The van der Waals surface area contributed by atoms with Gasteiger partial charge in [0.15, 0.2) is 11.5 Å². The van der Waals surface area contributed by atoms with Crippen molar-refractivity contribution in [3.63, 3.8) is 0 Å². The Hall–Kier alpha value is -3.21. The lowest BCUT2D eigenvalue weighted by atomic mass is 10.1. The van der Waals surface area contributed by atoms with Gasteiger partial charge in [-0.2, -0.15) is 0 Å². The maximum absolute atomic E-state index is 12.5. The Morgan fingerprint density at radius 1 is 1.04 bits per heavy atom. The van der Waals surface area contributed by atoms with E-state index in [4.69, 9.17) is 9.47 Å². The van der Waals surface area contributed by atoms with Gasteiger partial charge in [-0.3, -0.25) is 4.79 Å². The van der Waals surface area contributed by atoms with E-state index in [1.165, 1.54) is 0 Å². The molecule has 0 radical (unpaired) electrons. The lowest BCUT2D eigenvalue weighted by Crippen LogP contribution is -2.23. The zero-order valence-corrected chi connectivity index (χ0v) is 14.8. The van der Waals surface area contributed by atoms with Crippen molar-refractivity contribution in [1.82, 2.24) is 9.88 Å². The van der Waals surface area contributed by atoms with Crippen molar-refractivity contribution in [2.24, 2.45) is 0 Å². The molecule has 5 heteroatoms. The van der Waals surface area contributed by atoms with Gasteiger partial charge in [0.05, 0.1) is 0 Å². The summed E-state index contributed by atoms with van der Waals surface area (Å²) >= 11 is 0. The van der Waals surface area contributed by atoms with Crippen LogP contribution in [0.15, 0.2) is 54.6 Å². The number of hydrogen-bond acceptors (Lipinski definition) is 3. The highest BCUT2D eigenvalue weighted by Gasteiger charge is 2.17. The number of nitrogens with one attached hydrogen (secondary N) is 1. The van der Waals surface area contributed by atoms with Crippen LogP contribution in [-0.4, -0.2) is 17.3 Å². The fourth-order valence-electron chi connectivity index (χ4n) is 3.30. The van der Waals surface area contributed by atoms with Crippen LogP contribution in [0.3, 0.4) is 0 Å². The number of benzene rings is 2. The molecule has 0 atom stereocenters. The Balaban J connectivity index is 1.51. The molecule has 1 aliphatic heterocycles. The smallest absolute Gasteiger partial charge is 0.251 e. The quantitative estimate of drug-likeness (QED) is 0.781. The van der Waals surface area contributed by atoms with E-state index in [1.54, 1.807) is 18.2 Å². The molecule has 1 N–H and O–H groups in total. The molecule has 0 bridgehead atoms. The van der Waals surface area contributed by atoms with Gasteiger partial charge < -0.3 is 19.4 Å². The van der Waals surface area contributed by atoms with Crippen molar-refractivity contribution in [1.29, 1.82) is 0 Å². The van der Waals surface area contributed by atoms with Crippen LogP contribution in [0.4, 0.5) is 0 Å². The van der Waals surface area contributed by atoms with Crippen molar-refractivity contribution >= 4 is 5.91 Å². The number of amides is 1. The number of para-hydroxylation sites is 1. The summed E-state index contributed by atoms with van der Waals surface area (Å²) in [7, 11) is 0. The van der Waals surface area contributed by atoms with E-state index in [0.717, 1.165) is 22.6 Å². The molecule has 2 aromatic carbocycles. The zero-order valence-electron chi connectivity index (χ0n) is 14.8. The van der Waals surface area contributed by atoms with Gasteiger partial charge in [0, 0.05) is 29.2 Å². The topological polar surface area (TPSA) is 52.5 Å². The van der Waals surface area contributed by atoms with Gasteiger partial charge in [0.1, 0.15) is 0 Å². The number of fused-ring (bicyclic) bond motifs is 1. The lowest BCUT2D eigenvalue weighted by Gasteiger charge is -2.10. The zero-order chi connectivity index (χ0) is 18.1. The normalized spacial score (nSPS) is 12.2. The highest BCUT2D eigenvalue weighted by molar-refractivity contribution is 5.94. The highest BCUT2D eigenvalue weighted by Crippen LogP contribution is 2.32. The van der Waals surface area contributed by atoms with Crippen LogP contribution in [0.5, 0.6) is 11.5 Å². The molecule has 0 saturated carbocycles. The van der Waals surface area contributed by atoms with Gasteiger partial charge in [0.25, 0.3) is 5.91 Å². The molecule has 0 spiro atoms. The number of carbonyl (C=O) groups is 1. The van der Waals surface area contributed by atoms with Crippen LogP contribution in [-0.2, 0) is 6.54 Å². The second-order valence-electron chi connectivity index (χ2n) is 6.32. The molecular weight excluding hydrogens is 328 g/mol. The van der Waals surface area contributed by atoms with E-state index in [1.807, 2.05) is 18.2 Å². The summed E-state index contributed by atoms with van der Waals surface area (Å²) in [5.41, 5.74) is 5.04. The maximum atomic E-state index is 12.5. The third-order valence-electron chi connectivity index (χ3n) is 4.62. The molecular formula is C21H20N2O3. The number of aryl methyl sites for hydroxylation is 1. The fraction of sp³-hybridized carbons (Fsp3) is 0.190. The third kappa shape index (κ3) is 2.92. The second-order valence-corrected chi connectivity index (χ2v) is 6.32. The molecule has 26 heavy (non-hydrogen) atoms. The van der Waals surface area contributed by atoms with Crippen LogP contribution in [0, 0.1) is 13.8 Å². The molecule has 1 amide bonds. The van der Waals surface area contributed by atoms with Crippen LogP contribution < -0.4 is 14.8 Å². The van der Waals surface area contributed by atoms with Gasteiger partial charge in [-0.25, -0.2) is 0 Å². The Bertz CT molecular complexity index is 961. The first-order chi connectivity index (χ1) is 12.6. The Labute approximate surface area is 152 Å². The molecule has 1 aliphatic rings. The minimum Gasteiger partial charge on any atom is -0.454 e. The summed E-state index contributed by atoms with van der Waals surface area (Å²) in [6, 6.07) is 17.5. The van der Waals surface area contributed by atoms with Gasteiger partial charge in [-0.1, -0.05) is 18.2 Å². The van der Waals surface area contributed by atoms with Crippen molar-refractivity contribution in [2.45, 2.75) is 20.4 Å². The van der Waals surface area contributed by atoms with Crippen LogP contribution in [0.2, 0.25) is 0 Å². The fourth-order valence-corrected chi connectivity index (χ4v) is 3.30. The molecule has 132 valence electrons. The number of carbonyl (C=O) groups excluding carboxylic acids is 1. The van der Waals surface area contributed by atoms with Gasteiger partial charge >= 0.3 is 0 Å². The summed E-state index contributed by atoms with van der Waals surface area (Å²) in [4.78, 5) is 12.5. The molecule has 2 heterocycles. The first kappa shape index (κ1) is 16.3. The number of ether oxygens (including phenoxy) is 2. The third-order valence-corrected chi connectivity index (χ3v) is 4.62. The number of aromatic nitrogens is 1. The summed E-state index contributed by atoms with van der Waals surface area (Å²) in [5.74, 6) is 1.15. The second kappa shape index (κ2) is 6.59. The SMILES string of the molecule is Cc1cc(CNC(=O)c2ccc3c(c2)OCO3)c(C)n1-c1ccccc1. The Kier molecular flexibility index (Phi) is 4.13. The number of nitrogens with zero attached hydrogens (tertiary/aromatic N) is 1. The van der Waals surface area contributed by atoms with Gasteiger partial charge in [-0.05, 0) is 55.8 Å². The maximum Gasteiger partial charge on any atom is 0.251 e. The minimum absolute atomic E-state index is 0.132. The number of rotatable bonds is 4. The van der Waals surface area contributed by atoms with Crippen molar-refractivity contribution in [3.05, 3.63) is 77.1 Å². The van der Waals surface area contributed by atoms with E-state index < -0.39 is 0 Å². The molecule has 0 fully saturated rings. The van der Waals surface area contributed by atoms with Crippen molar-refractivity contribution in [2.75, 3.05) is 6.79 Å². The molecule has 0 saturated heterocycles. The monoisotopic (exact) mass is 348 g/mol. The van der Waals surface area contributed by atoms with Gasteiger partial charge in [-0.15, -0.1) is 0 Å². The molecule has 0 aliphatic carbocycles. The molecule has 3 aromatic rings.